The first-order chi connectivity index (χ1) is 11.4. The van der Waals surface area contributed by atoms with E-state index in [1.807, 2.05) is 31.3 Å². The Labute approximate surface area is 156 Å². The maximum absolute atomic E-state index is 12.2. The lowest BCUT2D eigenvalue weighted by atomic mass is 9.93. The molecule has 0 fully saturated rings. The zero-order valence-electron chi connectivity index (χ0n) is 15.3. The Hall–Kier alpha value is -1.78. The Morgan fingerprint density at radius 1 is 1.16 bits per heavy atom. The molecule has 0 unspecified atom stereocenters. The monoisotopic (exact) mass is 364 g/mol. The number of fused-ring (bicyclic) bond motifs is 1. The minimum atomic E-state index is -0.0517. The predicted octanol–water partition coefficient (Wildman–Crippen LogP) is 3.86. The molecule has 4 nitrogen and oxygen atoms in total. The first kappa shape index (κ1) is 21.3. The summed E-state index contributed by atoms with van der Waals surface area (Å²) in [6, 6.07) is 14.2. The SMILES string of the molecule is CN(CC(C)(C)CN)C(=O)CCCOc1cccc2ccccc12.Cl. The van der Waals surface area contributed by atoms with Crippen molar-refractivity contribution in [3.63, 3.8) is 0 Å². The van der Waals surface area contributed by atoms with Gasteiger partial charge in [0.15, 0.2) is 0 Å². The highest BCUT2D eigenvalue weighted by atomic mass is 35.5. The van der Waals surface area contributed by atoms with Crippen LogP contribution in [0.2, 0.25) is 0 Å². The molecule has 2 rings (SSSR count). The lowest BCUT2D eigenvalue weighted by molar-refractivity contribution is -0.131. The molecule has 2 aromatic carbocycles. The van der Waals surface area contributed by atoms with Gasteiger partial charge >= 0.3 is 0 Å². The third kappa shape index (κ3) is 6.22. The third-order valence-electron chi connectivity index (χ3n) is 4.19. The van der Waals surface area contributed by atoms with E-state index < -0.39 is 0 Å². The number of halogens is 1. The molecule has 0 spiro atoms. The van der Waals surface area contributed by atoms with Crippen molar-refractivity contribution in [3.8, 4) is 5.75 Å². The first-order valence-corrected chi connectivity index (χ1v) is 8.47. The van der Waals surface area contributed by atoms with Crippen molar-refractivity contribution >= 4 is 29.1 Å². The van der Waals surface area contributed by atoms with Gasteiger partial charge in [0, 0.05) is 25.4 Å². The maximum Gasteiger partial charge on any atom is 0.222 e. The topological polar surface area (TPSA) is 55.6 Å². The van der Waals surface area contributed by atoms with Crippen LogP contribution in [0.4, 0.5) is 0 Å². The van der Waals surface area contributed by atoms with E-state index in [-0.39, 0.29) is 23.7 Å². The van der Waals surface area contributed by atoms with Crippen molar-refractivity contribution in [2.45, 2.75) is 26.7 Å². The Morgan fingerprint density at radius 3 is 2.56 bits per heavy atom. The molecule has 2 N–H and O–H groups in total. The summed E-state index contributed by atoms with van der Waals surface area (Å²) in [5, 5.41) is 2.27. The molecule has 0 heterocycles. The van der Waals surface area contributed by atoms with Gasteiger partial charge in [0.25, 0.3) is 0 Å². The highest BCUT2D eigenvalue weighted by Crippen LogP contribution is 2.25. The van der Waals surface area contributed by atoms with Crippen LogP contribution >= 0.6 is 12.4 Å². The van der Waals surface area contributed by atoms with Gasteiger partial charge < -0.3 is 15.4 Å². The Balaban J connectivity index is 0.00000312. The van der Waals surface area contributed by atoms with Crippen LogP contribution in [0.5, 0.6) is 5.75 Å². The molecule has 0 aliphatic carbocycles. The summed E-state index contributed by atoms with van der Waals surface area (Å²) < 4.78 is 5.88. The summed E-state index contributed by atoms with van der Waals surface area (Å²) in [5.41, 5.74) is 5.68. The second-order valence-electron chi connectivity index (χ2n) is 7.05. The fourth-order valence-electron chi connectivity index (χ4n) is 2.71. The van der Waals surface area contributed by atoms with Crippen LogP contribution in [-0.2, 0) is 4.79 Å². The molecule has 2 aromatic rings. The number of carbonyl (C=O) groups excluding carboxylic acids is 1. The van der Waals surface area contributed by atoms with E-state index in [0.29, 0.717) is 32.5 Å². The van der Waals surface area contributed by atoms with Gasteiger partial charge in [0.1, 0.15) is 5.75 Å². The second kappa shape index (κ2) is 9.64. The Morgan fingerprint density at radius 2 is 1.84 bits per heavy atom. The number of rotatable bonds is 8. The maximum atomic E-state index is 12.2. The average molecular weight is 365 g/mol. The van der Waals surface area contributed by atoms with Crippen molar-refractivity contribution < 1.29 is 9.53 Å². The van der Waals surface area contributed by atoms with Crippen molar-refractivity contribution in [1.29, 1.82) is 0 Å². The van der Waals surface area contributed by atoms with Gasteiger partial charge in [-0.3, -0.25) is 4.79 Å². The summed E-state index contributed by atoms with van der Waals surface area (Å²) in [7, 11) is 1.84. The first-order valence-electron chi connectivity index (χ1n) is 8.47. The minimum Gasteiger partial charge on any atom is -0.493 e. The zero-order valence-corrected chi connectivity index (χ0v) is 16.1. The van der Waals surface area contributed by atoms with E-state index in [0.717, 1.165) is 16.5 Å². The van der Waals surface area contributed by atoms with E-state index in [4.69, 9.17) is 10.5 Å². The molecule has 1 amide bonds. The zero-order chi connectivity index (χ0) is 17.6. The fraction of sp³-hybridized carbons (Fsp3) is 0.450. The highest BCUT2D eigenvalue weighted by Gasteiger charge is 2.20. The number of hydrogen-bond acceptors (Lipinski definition) is 3. The molecule has 138 valence electrons. The molecule has 0 atom stereocenters. The number of carbonyl (C=O) groups is 1. The second-order valence-corrected chi connectivity index (χ2v) is 7.05. The standard InChI is InChI=1S/C20H28N2O2.ClH/c1-20(2,14-21)15-22(3)19(23)12-7-13-24-18-11-6-9-16-8-4-5-10-17(16)18;/h4-6,8-11H,7,12-15,21H2,1-3H3;1H. The molecule has 25 heavy (non-hydrogen) atoms. The molecule has 0 radical (unpaired) electrons. The van der Waals surface area contributed by atoms with E-state index in [1.54, 1.807) is 4.90 Å². The number of hydrogen-bond donors (Lipinski definition) is 1. The van der Waals surface area contributed by atoms with Gasteiger partial charge in [-0.1, -0.05) is 50.2 Å². The fourth-order valence-corrected chi connectivity index (χ4v) is 2.71. The summed E-state index contributed by atoms with van der Waals surface area (Å²) in [6.07, 6.45) is 1.19. The van der Waals surface area contributed by atoms with Gasteiger partial charge in [0.05, 0.1) is 6.61 Å². The predicted molar refractivity (Wildman–Crippen MR) is 106 cm³/mol. The number of nitrogens with two attached hydrogens (primary N) is 1. The molecule has 0 aromatic heterocycles. The number of amides is 1. The number of benzene rings is 2. The van der Waals surface area contributed by atoms with Crippen LogP contribution in [0.3, 0.4) is 0 Å². The van der Waals surface area contributed by atoms with Crippen LogP contribution in [0.25, 0.3) is 10.8 Å². The highest BCUT2D eigenvalue weighted by molar-refractivity contribution is 5.88. The Kier molecular flexibility index (Phi) is 8.20. The summed E-state index contributed by atoms with van der Waals surface area (Å²) >= 11 is 0. The summed E-state index contributed by atoms with van der Waals surface area (Å²) in [4.78, 5) is 14.0. The van der Waals surface area contributed by atoms with Crippen LogP contribution in [-0.4, -0.2) is 37.6 Å². The lowest BCUT2D eigenvalue weighted by Gasteiger charge is -2.29. The lowest BCUT2D eigenvalue weighted by Crippen LogP contribution is -2.39. The van der Waals surface area contributed by atoms with Crippen LogP contribution in [0.15, 0.2) is 42.5 Å². The van der Waals surface area contributed by atoms with Crippen molar-refractivity contribution in [3.05, 3.63) is 42.5 Å². The summed E-state index contributed by atoms with van der Waals surface area (Å²) in [5.74, 6) is 1.01. The van der Waals surface area contributed by atoms with Crippen LogP contribution in [0.1, 0.15) is 26.7 Å². The van der Waals surface area contributed by atoms with Gasteiger partial charge in [0.2, 0.25) is 5.91 Å². The molecule has 0 bridgehead atoms. The van der Waals surface area contributed by atoms with E-state index in [2.05, 4.69) is 32.0 Å². The normalized spacial score (nSPS) is 11.0. The Bertz CT molecular complexity index is 683. The van der Waals surface area contributed by atoms with Gasteiger partial charge in [-0.25, -0.2) is 0 Å². The molecular formula is C20H29ClN2O2. The molecular weight excluding hydrogens is 336 g/mol. The van der Waals surface area contributed by atoms with Gasteiger partial charge in [-0.15, -0.1) is 12.4 Å². The molecule has 0 aliphatic rings. The van der Waals surface area contributed by atoms with Crippen molar-refractivity contribution in [2.24, 2.45) is 11.1 Å². The van der Waals surface area contributed by atoms with E-state index in [1.165, 1.54) is 0 Å². The van der Waals surface area contributed by atoms with Crippen molar-refractivity contribution in [1.82, 2.24) is 4.90 Å². The van der Waals surface area contributed by atoms with Crippen molar-refractivity contribution in [2.75, 3.05) is 26.7 Å². The average Bonchev–Trinajstić information content (AvgIpc) is 2.58. The molecule has 5 heteroatoms. The molecule has 0 saturated heterocycles. The van der Waals surface area contributed by atoms with Gasteiger partial charge in [-0.2, -0.15) is 0 Å². The smallest absolute Gasteiger partial charge is 0.222 e. The summed E-state index contributed by atoms with van der Waals surface area (Å²) in [6.45, 7) is 5.91. The van der Waals surface area contributed by atoms with E-state index in [9.17, 15) is 4.79 Å². The quantitative estimate of drug-likeness (QED) is 0.723. The third-order valence-corrected chi connectivity index (χ3v) is 4.19. The number of ether oxygens (including phenoxy) is 1. The molecule has 0 aliphatic heterocycles. The van der Waals surface area contributed by atoms with E-state index >= 15 is 0 Å². The number of nitrogens with zero attached hydrogens (tertiary/aromatic N) is 1. The minimum absolute atomic E-state index is 0. The largest absolute Gasteiger partial charge is 0.493 e. The molecule has 0 saturated carbocycles. The van der Waals surface area contributed by atoms with Crippen LogP contribution < -0.4 is 10.5 Å². The van der Waals surface area contributed by atoms with Gasteiger partial charge in [-0.05, 0) is 29.8 Å². The van der Waals surface area contributed by atoms with Crippen LogP contribution in [0, 0.1) is 5.41 Å².